The molecule has 2 rings (SSSR count). The zero-order valence-corrected chi connectivity index (χ0v) is 9.46. The van der Waals surface area contributed by atoms with E-state index in [9.17, 15) is 4.79 Å². The summed E-state index contributed by atoms with van der Waals surface area (Å²) >= 11 is 0. The van der Waals surface area contributed by atoms with Crippen LogP contribution in [0.3, 0.4) is 0 Å². The van der Waals surface area contributed by atoms with Crippen LogP contribution in [0.5, 0.6) is 0 Å². The first-order valence-corrected chi connectivity index (χ1v) is 5.86. The molecule has 2 fully saturated rings. The summed E-state index contributed by atoms with van der Waals surface area (Å²) in [6, 6.07) is 0.373. The molecule has 0 unspecified atom stereocenters. The lowest BCUT2D eigenvalue weighted by Gasteiger charge is -2.30. The van der Waals surface area contributed by atoms with Crippen LogP contribution < -0.4 is 11.1 Å². The number of rotatable bonds is 3. The first-order valence-electron chi connectivity index (χ1n) is 5.86. The molecule has 0 spiro atoms. The van der Waals surface area contributed by atoms with Gasteiger partial charge in [0, 0.05) is 12.6 Å². The lowest BCUT2D eigenvalue weighted by molar-refractivity contribution is -0.127. The van der Waals surface area contributed by atoms with Crippen molar-refractivity contribution in [1.82, 2.24) is 10.2 Å². The van der Waals surface area contributed by atoms with Crippen LogP contribution in [0.1, 0.15) is 25.7 Å². The van der Waals surface area contributed by atoms with E-state index in [0.717, 1.165) is 38.8 Å². The minimum atomic E-state index is -0.191. The molecule has 2 aliphatic rings. The number of nitrogens with zero attached hydrogens (tertiary/aromatic N) is 1. The number of nitrogens with two attached hydrogens (primary N) is 1. The maximum absolute atomic E-state index is 11.9. The highest BCUT2D eigenvalue weighted by molar-refractivity contribution is 5.85. The summed E-state index contributed by atoms with van der Waals surface area (Å²) in [5.74, 6) is 0.194. The maximum atomic E-state index is 11.9. The van der Waals surface area contributed by atoms with Crippen molar-refractivity contribution in [2.24, 2.45) is 11.1 Å². The van der Waals surface area contributed by atoms with Crippen LogP contribution in [0.15, 0.2) is 0 Å². The van der Waals surface area contributed by atoms with Crippen molar-refractivity contribution >= 4 is 5.91 Å². The monoisotopic (exact) mass is 211 g/mol. The molecule has 1 saturated heterocycles. The highest BCUT2D eigenvalue weighted by atomic mass is 16.2. The topological polar surface area (TPSA) is 58.4 Å². The number of hydrogen-bond acceptors (Lipinski definition) is 3. The summed E-state index contributed by atoms with van der Waals surface area (Å²) in [5.41, 5.74) is 5.44. The second-order valence-electron chi connectivity index (χ2n) is 5.04. The second-order valence-corrected chi connectivity index (χ2v) is 5.04. The molecule has 0 aromatic rings. The van der Waals surface area contributed by atoms with Crippen molar-refractivity contribution in [3.63, 3.8) is 0 Å². The summed E-state index contributed by atoms with van der Waals surface area (Å²) in [4.78, 5) is 14.2. The third kappa shape index (κ3) is 2.32. The van der Waals surface area contributed by atoms with Crippen molar-refractivity contribution in [3.8, 4) is 0 Å². The summed E-state index contributed by atoms with van der Waals surface area (Å²) in [6.07, 6.45) is 4.09. The first-order chi connectivity index (χ1) is 7.16. The van der Waals surface area contributed by atoms with Gasteiger partial charge in [-0.25, -0.2) is 0 Å². The molecule has 3 N–H and O–H groups in total. The van der Waals surface area contributed by atoms with Gasteiger partial charge in [0.1, 0.15) is 0 Å². The van der Waals surface area contributed by atoms with Crippen LogP contribution in [-0.2, 0) is 4.79 Å². The zero-order chi connectivity index (χ0) is 10.9. The van der Waals surface area contributed by atoms with Crippen molar-refractivity contribution in [3.05, 3.63) is 0 Å². The Bertz CT molecular complexity index is 242. The average molecular weight is 211 g/mol. The van der Waals surface area contributed by atoms with Gasteiger partial charge in [-0.1, -0.05) is 0 Å². The second kappa shape index (κ2) is 4.10. The first kappa shape index (κ1) is 10.9. The molecule has 0 bridgehead atoms. The van der Waals surface area contributed by atoms with E-state index >= 15 is 0 Å². The lowest BCUT2D eigenvalue weighted by Crippen LogP contribution is -2.47. The molecule has 15 heavy (non-hydrogen) atoms. The third-order valence-corrected chi connectivity index (χ3v) is 3.78. The van der Waals surface area contributed by atoms with Gasteiger partial charge in [0.2, 0.25) is 5.91 Å². The third-order valence-electron chi connectivity index (χ3n) is 3.78. The van der Waals surface area contributed by atoms with Gasteiger partial charge >= 0.3 is 0 Å². The van der Waals surface area contributed by atoms with Gasteiger partial charge in [-0.15, -0.1) is 0 Å². The van der Waals surface area contributed by atoms with Gasteiger partial charge in [-0.2, -0.15) is 0 Å². The average Bonchev–Trinajstić information content (AvgIpc) is 3.02. The molecule has 0 aromatic carbocycles. The number of hydrogen-bond donors (Lipinski definition) is 2. The predicted molar refractivity (Wildman–Crippen MR) is 59.4 cm³/mol. The van der Waals surface area contributed by atoms with Crippen LogP contribution in [0.4, 0.5) is 0 Å². The molecule has 4 nitrogen and oxygen atoms in total. The number of amides is 1. The predicted octanol–water partition coefficient (Wildman–Crippen LogP) is -0.0643. The van der Waals surface area contributed by atoms with Gasteiger partial charge in [-0.05, 0) is 45.8 Å². The maximum Gasteiger partial charge on any atom is 0.227 e. The zero-order valence-electron chi connectivity index (χ0n) is 9.46. The fraction of sp³-hybridized carbons (Fsp3) is 0.909. The Labute approximate surface area is 91.2 Å². The van der Waals surface area contributed by atoms with Crippen molar-refractivity contribution in [2.75, 3.05) is 26.7 Å². The van der Waals surface area contributed by atoms with E-state index in [1.165, 1.54) is 0 Å². The number of carbonyl (C=O) groups is 1. The number of nitrogens with one attached hydrogen (secondary N) is 1. The van der Waals surface area contributed by atoms with E-state index in [-0.39, 0.29) is 11.3 Å². The lowest BCUT2D eigenvalue weighted by atomic mass is 10.0. The minimum Gasteiger partial charge on any atom is -0.353 e. The Kier molecular flexibility index (Phi) is 2.98. The molecule has 0 radical (unpaired) electrons. The number of piperidine rings is 1. The molecule has 0 aromatic heterocycles. The summed E-state index contributed by atoms with van der Waals surface area (Å²) in [7, 11) is 2.13. The van der Waals surface area contributed by atoms with E-state index in [1.807, 2.05) is 0 Å². The fourth-order valence-electron chi connectivity index (χ4n) is 2.17. The summed E-state index contributed by atoms with van der Waals surface area (Å²) in [6.45, 7) is 2.67. The molecule has 86 valence electrons. The quantitative estimate of drug-likeness (QED) is 0.687. The molecule has 4 heteroatoms. The Morgan fingerprint density at radius 2 is 2.07 bits per heavy atom. The molecule has 1 heterocycles. The largest absolute Gasteiger partial charge is 0.353 e. The molecule has 1 amide bonds. The van der Waals surface area contributed by atoms with Crippen molar-refractivity contribution in [2.45, 2.75) is 31.7 Å². The van der Waals surface area contributed by atoms with Gasteiger partial charge in [-0.3, -0.25) is 4.79 Å². The Balaban J connectivity index is 1.79. The Morgan fingerprint density at radius 3 is 2.53 bits per heavy atom. The summed E-state index contributed by atoms with van der Waals surface area (Å²) in [5, 5.41) is 3.15. The van der Waals surface area contributed by atoms with Gasteiger partial charge in [0.25, 0.3) is 0 Å². The van der Waals surface area contributed by atoms with Gasteiger partial charge < -0.3 is 16.0 Å². The van der Waals surface area contributed by atoms with Crippen molar-refractivity contribution in [1.29, 1.82) is 0 Å². The molecular formula is C11H21N3O. The van der Waals surface area contributed by atoms with E-state index < -0.39 is 0 Å². The number of likely N-dealkylation sites (tertiary alicyclic amines) is 1. The van der Waals surface area contributed by atoms with E-state index in [4.69, 9.17) is 5.73 Å². The van der Waals surface area contributed by atoms with Gasteiger partial charge in [0.05, 0.1) is 5.41 Å². The summed E-state index contributed by atoms with van der Waals surface area (Å²) < 4.78 is 0. The standard InChI is InChI=1S/C11H21N3O/c1-14-6-2-9(3-7-14)13-10(15)11(8-12)4-5-11/h9H,2-8,12H2,1H3,(H,13,15). The van der Waals surface area contributed by atoms with Crippen LogP contribution in [-0.4, -0.2) is 43.5 Å². The molecular weight excluding hydrogens is 190 g/mol. The van der Waals surface area contributed by atoms with Crippen LogP contribution in [0, 0.1) is 5.41 Å². The minimum absolute atomic E-state index is 0.191. The smallest absolute Gasteiger partial charge is 0.227 e. The van der Waals surface area contributed by atoms with Crippen molar-refractivity contribution < 1.29 is 4.79 Å². The number of carbonyl (C=O) groups excluding carboxylic acids is 1. The highest BCUT2D eigenvalue weighted by Crippen LogP contribution is 2.44. The van der Waals surface area contributed by atoms with E-state index in [0.29, 0.717) is 12.6 Å². The molecule has 1 saturated carbocycles. The normalized spacial score (nSPS) is 26.3. The van der Waals surface area contributed by atoms with Gasteiger partial charge in [0.15, 0.2) is 0 Å². The van der Waals surface area contributed by atoms with E-state index in [2.05, 4.69) is 17.3 Å². The van der Waals surface area contributed by atoms with Crippen LogP contribution in [0.2, 0.25) is 0 Å². The highest BCUT2D eigenvalue weighted by Gasteiger charge is 2.48. The van der Waals surface area contributed by atoms with Crippen LogP contribution in [0.25, 0.3) is 0 Å². The van der Waals surface area contributed by atoms with Crippen LogP contribution >= 0.6 is 0 Å². The Morgan fingerprint density at radius 1 is 1.47 bits per heavy atom. The molecule has 0 atom stereocenters. The SMILES string of the molecule is CN1CCC(NC(=O)C2(CN)CC2)CC1. The fourth-order valence-corrected chi connectivity index (χ4v) is 2.17. The molecule has 1 aliphatic heterocycles. The molecule has 1 aliphatic carbocycles. The Hall–Kier alpha value is -0.610. The van der Waals surface area contributed by atoms with E-state index in [1.54, 1.807) is 0 Å².